The van der Waals surface area contributed by atoms with E-state index in [9.17, 15) is 5.11 Å². The molecule has 0 radical (unpaired) electrons. The Morgan fingerprint density at radius 1 is 1.36 bits per heavy atom. The number of hydrogen-bond donors (Lipinski definition) is 2. The number of rotatable bonds is 7. The second-order valence-electron chi connectivity index (χ2n) is 4.13. The molecule has 14 heavy (non-hydrogen) atoms. The molecule has 3 nitrogen and oxygen atoms in total. The Morgan fingerprint density at radius 3 is 2.29 bits per heavy atom. The molecule has 0 rings (SSSR count). The zero-order valence-electron chi connectivity index (χ0n) is 10.0. The molecule has 0 aromatic rings. The summed E-state index contributed by atoms with van der Waals surface area (Å²) >= 11 is 0. The third-order valence-corrected chi connectivity index (χ3v) is 3.11. The largest absolute Gasteiger partial charge is 0.395 e. The fraction of sp³-hybridized carbons (Fsp3) is 1.00. The maximum atomic E-state index is 9.32. The summed E-state index contributed by atoms with van der Waals surface area (Å²) < 4.78 is 0. The zero-order valence-corrected chi connectivity index (χ0v) is 10.0. The molecule has 3 heteroatoms. The molecule has 3 N–H and O–H groups in total. The topological polar surface area (TPSA) is 49.5 Å². The van der Waals surface area contributed by atoms with Crippen LogP contribution in [0.25, 0.3) is 0 Å². The van der Waals surface area contributed by atoms with Crippen LogP contribution in [0, 0.1) is 0 Å². The number of nitrogens with zero attached hydrogens (tertiary/aromatic N) is 1. The van der Waals surface area contributed by atoms with Crippen LogP contribution in [0.2, 0.25) is 0 Å². The van der Waals surface area contributed by atoms with Crippen molar-refractivity contribution in [2.24, 2.45) is 5.73 Å². The quantitative estimate of drug-likeness (QED) is 0.652. The van der Waals surface area contributed by atoms with Gasteiger partial charge in [0.2, 0.25) is 0 Å². The normalized spacial score (nSPS) is 18.2. The lowest BCUT2D eigenvalue weighted by Gasteiger charge is -2.35. The van der Waals surface area contributed by atoms with Gasteiger partial charge in [0.05, 0.1) is 6.61 Å². The summed E-state index contributed by atoms with van der Waals surface area (Å²) in [5.74, 6) is 0. The lowest BCUT2D eigenvalue weighted by molar-refractivity contribution is 0.0927. The van der Waals surface area contributed by atoms with Crippen molar-refractivity contribution in [3.63, 3.8) is 0 Å². The summed E-state index contributed by atoms with van der Waals surface area (Å²) in [6, 6.07) is 0.670. The maximum absolute atomic E-state index is 9.32. The lowest BCUT2D eigenvalue weighted by Crippen LogP contribution is -2.51. The molecule has 3 atom stereocenters. The monoisotopic (exact) mass is 202 g/mol. The second-order valence-corrected chi connectivity index (χ2v) is 4.13. The smallest absolute Gasteiger partial charge is 0.0601 e. The molecule has 0 aromatic carbocycles. The minimum Gasteiger partial charge on any atom is -0.395 e. The molecule has 0 heterocycles. The molecule has 0 aliphatic heterocycles. The number of nitrogens with two attached hydrogens (primary N) is 1. The van der Waals surface area contributed by atoms with E-state index >= 15 is 0 Å². The van der Waals surface area contributed by atoms with Crippen molar-refractivity contribution in [1.82, 2.24) is 4.90 Å². The summed E-state index contributed by atoms with van der Waals surface area (Å²) in [6.07, 6.45) is 3.14. The summed E-state index contributed by atoms with van der Waals surface area (Å²) in [6.45, 7) is 6.60. The third kappa shape index (κ3) is 3.95. The third-order valence-electron chi connectivity index (χ3n) is 3.11. The van der Waals surface area contributed by atoms with Crippen LogP contribution in [0.15, 0.2) is 0 Å². The Labute approximate surface area is 88.3 Å². The first-order valence-corrected chi connectivity index (χ1v) is 5.66. The minimum atomic E-state index is 0.0870. The summed E-state index contributed by atoms with van der Waals surface area (Å²) in [7, 11) is 2.05. The fourth-order valence-electron chi connectivity index (χ4n) is 1.71. The van der Waals surface area contributed by atoms with E-state index in [4.69, 9.17) is 5.73 Å². The average Bonchev–Trinajstić information content (AvgIpc) is 2.18. The molecule has 3 unspecified atom stereocenters. The molecule has 0 saturated carbocycles. The average molecular weight is 202 g/mol. The number of likely N-dealkylation sites (N-methyl/N-ethyl adjacent to an activating group) is 1. The van der Waals surface area contributed by atoms with Crippen LogP contribution in [0.3, 0.4) is 0 Å². The van der Waals surface area contributed by atoms with E-state index in [0.717, 1.165) is 19.3 Å². The van der Waals surface area contributed by atoms with Gasteiger partial charge < -0.3 is 10.8 Å². The van der Waals surface area contributed by atoms with Crippen LogP contribution >= 0.6 is 0 Å². The Balaban J connectivity index is 4.23. The van der Waals surface area contributed by atoms with Crippen molar-refractivity contribution in [3.8, 4) is 0 Å². The van der Waals surface area contributed by atoms with Crippen molar-refractivity contribution in [2.45, 2.75) is 58.2 Å². The van der Waals surface area contributed by atoms with E-state index < -0.39 is 0 Å². The van der Waals surface area contributed by atoms with Crippen LogP contribution in [0.4, 0.5) is 0 Å². The van der Waals surface area contributed by atoms with Crippen LogP contribution in [-0.2, 0) is 0 Å². The van der Waals surface area contributed by atoms with Gasteiger partial charge in [-0.2, -0.15) is 0 Å². The Bertz CT molecular complexity index is 141. The molecule has 0 fully saturated rings. The number of aliphatic hydroxyl groups excluding tert-OH is 1. The Hall–Kier alpha value is -0.120. The Kier molecular flexibility index (Phi) is 7.15. The van der Waals surface area contributed by atoms with Crippen LogP contribution < -0.4 is 5.73 Å². The summed E-state index contributed by atoms with van der Waals surface area (Å²) in [4.78, 5) is 2.19. The number of aliphatic hydroxyl groups is 1. The van der Waals surface area contributed by atoms with Gasteiger partial charge in [-0.25, -0.2) is 0 Å². The van der Waals surface area contributed by atoms with E-state index in [2.05, 4.69) is 25.7 Å². The highest BCUT2D eigenvalue weighted by molar-refractivity contribution is 4.82. The Morgan fingerprint density at radius 2 is 1.93 bits per heavy atom. The van der Waals surface area contributed by atoms with Gasteiger partial charge in [0.15, 0.2) is 0 Å². The van der Waals surface area contributed by atoms with Crippen molar-refractivity contribution in [1.29, 1.82) is 0 Å². The van der Waals surface area contributed by atoms with Gasteiger partial charge >= 0.3 is 0 Å². The second kappa shape index (κ2) is 7.21. The maximum Gasteiger partial charge on any atom is 0.0601 e. The van der Waals surface area contributed by atoms with Gasteiger partial charge in [-0.15, -0.1) is 0 Å². The van der Waals surface area contributed by atoms with Crippen molar-refractivity contribution in [3.05, 3.63) is 0 Å². The van der Waals surface area contributed by atoms with Crippen molar-refractivity contribution >= 4 is 0 Å². The SMILES string of the molecule is CCCC(N)C(CO)N(C)C(C)CC. The van der Waals surface area contributed by atoms with E-state index in [-0.39, 0.29) is 18.7 Å². The van der Waals surface area contributed by atoms with E-state index in [1.807, 2.05) is 7.05 Å². The lowest BCUT2D eigenvalue weighted by atomic mass is 10.0. The zero-order chi connectivity index (χ0) is 11.1. The van der Waals surface area contributed by atoms with Gasteiger partial charge in [-0.05, 0) is 26.8 Å². The van der Waals surface area contributed by atoms with E-state index in [1.165, 1.54) is 0 Å². The fourth-order valence-corrected chi connectivity index (χ4v) is 1.71. The van der Waals surface area contributed by atoms with Crippen LogP contribution in [0.5, 0.6) is 0 Å². The molecule has 86 valence electrons. The van der Waals surface area contributed by atoms with Crippen molar-refractivity contribution < 1.29 is 5.11 Å². The first-order chi connectivity index (χ1) is 6.58. The summed E-state index contributed by atoms with van der Waals surface area (Å²) in [5.41, 5.74) is 6.03. The molecule has 0 aliphatic carbocycles. The molecule has 0 aliphatic rings. The van der Waals surface area contributed by atoms with Crippen LogP contribution in [0.1, 0.15) is 40.0 Å². The molecule has 0 bridgehead atoms. The molecule has 0 aromatic heterocycles. The van der Waals surface area contributed by atoms with Gasteiger partial charge in [-0.3, -0.25) is 4.90 Å². The van der Waals surface area contributed by atoms with E-state index in [0.29, 0.717) is 6.04 Å². The highest BCUT2D eigenvalue weighted by atomic mass is 16.3. The molecular formula is C11H26N2O. The van der Waals surface area contributed by atoms with Gasteiger partial charge in [-0.1, -0.05) is 20.3 Å². The van der Waals surface area contributed by atoms with Gasteiger partial charge in [0.1, 0.15) is 0 Å². The highest BCUT2D eigenvalue weighted by Gasteiger charge is 2.23. The predicted molar refractivity (Wildman–Crippen MR) is 61.3 cm³/mol. The van der Waals surface area contributed by atoms with Gasteiger partial charge in [0.25, 0.3) is 0 Å². The van der Waals surface area contributed by atoms with Gasteiger partial charge in [0, 0.05) is 18.1 Å². The molecule has 0 amide bonds. The molecular weight excluding hydrogens is 176 g/mol. The first kappa shape index (κ1) is 13.9. The van der Waals surface area contributed by atoms with E-state index in [1.54, 1.807) is 0 Å². The molecule has 0 saturated heterocycles. The van der Waals surface area contributed by atoms with Crippen LogP contribution in [-0.4, -0.2) is 41.8 Å². The number of hydrogen-bond acceptors (Lipinski definition) is 3. The minimum absolute atomic E-state index is 0.0870. The highest BCUT2D eigenvalue weighted by Crippen LogP contribution is 2.11. The standard InChI is InChI=1S/C11H26N2O/c1-5-7-10(12)11(8-14)13(4)9(3)6-2/h9-11,14H,5-8,12H2,1-4H3. The summed E-state index contributed by atoms with van der Waals surface area (Å²) in [5, 5.41) is 9.32. The molecule has 0 spiro atoms. The predicted octanol–water partition coefficient (Wildman–Crippen LogP) is 1.20. The first-order valence-electron chi connectivity index (χ1n) is 5.66. The van der Waals surface area contributed by atoms with Crippen molar-refractivity contribution in [2.75, 3.05) is 13.7 Å².